The van der Waals surface area contributed by atoms with Gasteiger partial charge in [0.1, 0.15) is 5.75 Å². The fraction of sp³-hybridized carbons (Fsp3) is 0.500. The minimum Gasteiger partial charge on any atom is -0.508 e. The summed E-state index contributed by atoms with van der Waals surface area (Å²) in [5, 5.41) is 26.7. The van der Waals surface area contributed by atoms with Gasteiger partial charge in [0.05, 0.1) is 11.9 Å². The van der Waals surface area contributed by atoms with Crippen LogP contribution < -0.4 is 16.4 Å². The minimum absolute atomic E-state index is 0.167. The number of hydrogen-bond acceptors (Lipinski definition) is 8. The molecule has 0 aliphatic heterocycles. The quantitative estimate of drug-likeness (QED) is 0.287. The molecule has 2 heterocycles. The Kier molecular flexibility index (Phi) is 5.86. The lowest BCUT2D eigenvalue weighted by molar-refractivity contribution is 0.0943. The molecule has 4 rings (SSSR count). The van der Waals surface area contributed by atoms with Crippen molar-refractivity contribution in [2.45, 2.75) is 64.1 Å². The molecule has 6 N–H and O–H groups in total. The molecule has 0 bridgehead atoms. The first-order valence-electron chi connectivity index (χ1n) is 10.8. The summed E-state index contributed by atoms with van der Waals surface area (Å²) in [5.74, 6) is 1.16. The highest BCUT2D eigenvalue weighted by Crippen LogP contribution is 2.32. The van der Waals surface area contributed by atoms with Crippen LogP contribution in [0.5, 0.6) is 5.75 Å². The van der Waals surface area contributed by atoms with Crippen LogP contribution in [0, 0.1) is 0 Å². The van der Waals surface area contributed by atoms with Crippen molar-refractivity contribution in [1.82, 2.24) is 19.5 Å². The van der Waals surface area contributed by atoms with Crippen LogP contribution in [0.2, 0.25) is 0 Å². The number of aromatic nitrogens is 4. The zero-order valence-corrected chi connectivity index (χ0v) is 18.1. The van der Waals surface area contributed by atoms with Gasteiger partial charge >= 0.3 is 0 Å². The Hall–Kier alpha value is -3.07. The molecule has 0 unspecified atom stereocenters. The number of phenolic OH excluding ortho intramolecular Hbond substituents is 1. The number of anilines is 3. The van der Waals surface area contributed by atoms with Crippen molar-refractivity contribution in [3.63, 3.8) is 0 Å². The van der Waals surface area contributed by atoms with Crippen molar-refractivity contribution < 1.29 is 10.2 Å². The molecule has 1 fully saturated rings. The first-order chi connectivity index (χ1) is 14.8. The number of rotatable bonds is 7. The largest absolute Gasteiger partial charge is 0.508 e. The van der Waals surface area contributed by atoms with Gasteiger partial charge in [0, 0.05) is 30.4 Å². The average molecular weight is 426 g/mol. The highest BCUT2D eigenvalue weighted by molar-refractivity contribution is 5.84. The van der Waals surface area contributed by atoms with Gasteiger partial charge in [0.25, 0.3) is 0 Å². The van der Waals surface area contributed by atoms with Gasteiger partial charge in [-0.15, -0.1) is 0 Å². The van der Waals surface area contributed by atoms with Gasteiger partial charge in [-0.1, -0.05) is 19.3 Å². The van der Waals surface area contributed by atoms with E-state index in [2.05, 4.69) is 25.2 Å². The van der Waals surface area contributed by atoms with E-state index < -0.39 is 5.60 Å². The molecule has 0 amide bonds. The van der Waals surface area contributed by atoms with E-state index in [-0.39, 0.29) is 5.75 Å². The number of nitrogens with one attached hydrogen (secondary N) is 2. The molecule has 0 spiro atoms. The van der Waals surface area contributed by atoms with Crippen molar-refractivity contribution in [2.24, 2.45) is 0 Å². The zero-order valence-electron chi connectivity index (χ0n) is 18.1. The smallest absolute Gasteiger partial charge is 0.226 e. The van der Waals surface area contributed by atoms with Crippen molar-refractivity contribution >= 4 is 28.6 Å². The Bertz CT molecular complexity index is 1050. The maximum Gasteiger partial charge on any atom is 0.226 e. The number of phenols is 1. The van der Waals surface area contributed by atoms with Gasteiger partial charge in [0.2, 0.25) is 5.95 Å². The van der Waals surface area contributed by atoms with Crippen LogP contribution in [0.25, 0.3) is 11.2 Å². The normalized spacial score (nSPS) is 15.3. The molecule has 2 aromatic heterocycles. The third-order valence-corrected chi connectivity index (χ3v) is 5.62. The van der Waals surface area contributed by atoms with E-state index in [1.807, 2.05) is 6.33 Å². The maximum atomic E-state index is 10.1. The highest BCUT2D eigenvalue weighted by Gasteiger charge is 2.21. The lowest BCUT2D eigenvalue weighted by Gasteiger charge is -2.23. The number of benzene rings is 1. The minimum atomic E-state index is -0.900. The summed E-state index contributed by atoms with van der Waals surface area (Å²) in [5.41, 5.74) is 7.66. The standard InChI is InChI=1S/C22H31N7O2/c1-22(2,31)12-25-21-27-19(24-11-14-10-15(23)8-9-17(14)30)18-20(28-21)29(13-26-18)16-6-4-3-5-7-16/h8-10,13,16,30-31H,3-7,11-12,23H2,1-2H3,(H2,24,25,27,28). The van der Waals surface area contributed by atoms with Crippen LogP contribution in [0.3, 0.4) is 0 Å². The summed E-state index contributed by atoms with van der Waals surface area (Å²) in [6.07, 6.45) is 7.76. The molecule has 1 aromatic carbocycles. The molecule has 31 heavy (non-hydrogen) atoms. The van der Waals surface area contributed by atoms with Gasteiger partial charge in [-0.25, -0.2) is 4.98 Å². The summed E-state index contributed by atoms with van der Waals surface area (Å²) in [7, 11) is 0. The van der Waals surface area contributed by atoms with Gasteiger partial charge in [-0.2, -0.15) is 9.97 Å². The highest BCUT2D eigenvalue weighted by atomic mass is 16.3. The van der Waals surface area contributed by atoms with Gasteiger partial charge in [-0.05, 0) is 44.9 Å². The van der Waals surface area contributed by atoms with E-state index in [4.69, 9.17) is 10.7 Å². The SMILES string of the molecule is CC(C)(O)CNc1nc(NCc2cc(N)ccc2O)c2ncn(C3CCCCC3)c2n1. The molecule has 0 radical (unpaired) electrons. The van der Waals surface area contributed by atoms with Gasteiger partial charge in [0.15, 0.2) is 17.0 Å². The number of hydrogen-bond donors (Lipinski definition) is 5. The van der Waals surface area contributed by atoms with Crippen LogP contribution in [-0.2, 0) is 6.54 Å². The maximum absolute atomic E-state index is 10.1. The summed E-state index contributed by atoms with van der Waals surface area (Å²) in [6, 6.07) is 5.35. The number of aromatic hydroxyl groups is 1. The van der Waals surface area contributed by atoms with E-state index in [0.717, 1.165) is 18.5 Å². The molecular formula is C22H31N7O2. The van der Waals surface area contributed by atoms with Gasteiger partial charge < -0.3 is 31.1 Å². The Balaban J connectivity index is 1.68. The molecule has 9 heteroatoms. The lowest BCUT2D eigenvalue weighted by atomic mass is 9.95. The van der Waals surface area contributed by atoms with Crippen molar-refractivity contribution in [2.75, 3.05) is 22.9 Å². The lowest BCUT2D eigenvalue weighted by Crippen LogP contribution is -2.30. The molecule has 9 nitrogen and oxygen atoms in total. The second-order valence-electron chi connectivity index (χ2n) is 8.92. The summed E-state index contributed by atoms with van der Waals surface area (Å²) >= 11 is 0. The van der Waals surface area contributed by atoms with E-state index in [9.17, 15) is 10.2 Å². The summed E-state index contributed by atoms with van der Waals surface area (Å²) in [4.78, 5) is 13.9. The molecule has 1 aliphatic rings. The molecule has 1 saturated carbocycles. The monoisotopic (exact) mass is 425 g/mol. The predicted molar refractivity (Wildman–Crippen MR) is 122 cm³/mol. The van der Waals surface area contributed by atoms with Crippen molar-refractivity contribution in [1.29, 1.82) is 0 Å². The third-order valence-electron chi connectivity index (χ3n) is 5.62. The molecular weight excluding hydrogens is 394 g/mol. The van der Waals surface area contributed by atoms with Crippen molar-refractivity contribution in [3.05, 3.63) is 30.1 Å². The first-order valence-corrected chi connectivity index (χ1v) is 10.8. The van der Waals surface area contributed by atoms with Crippen LogP contribution in [0.1, 0.15) is 57.6 Å². The number of imidazole rings is 1. The first kappa shape index (κ1) is 21.2. The summed E-state index contributed by atoms with van der Waals surface area (Å²) in [6.45, 7) is 4.11. The predicted octanol–water partition coefficient (Wildman–Crippen LogP) is 3.41. The molecule has 166 valence electrons. The number of nitrogens with two attached hydrogens (primary N) is 1. The number of nitrogens with zero attached hydrogens (tertiary/aromatic N) is 4. The average Bonchev–Trinajstić information content (AvgIpc) is 3.17. The fourth-order valence-corrected chi connectivity index (χ4v) is 3.97. The third kappa shape index (κ3) is 4.99. The zero-order chi connectivity index (χ0) is 22.0. The van der Waals surface area contributed by atoms with Crippen LogP contribution in [-0.4, -0.2) is 41.9 Å². The Labute approximate surface area is 181 Å². The Morgan fingerprint density at radius 3 is 2.68 bits per heavy atom. The number of fused-ring (bicyclic) bond motifs is 1. The second-order valence-corrected chi connectivity index (χ2v) is 8.92. The van der Waals surface area contributed by atoms with E-state index in [1.54, 1.807) is 32.0 Å². The second kappa shape index (κ2) is 8.58. The Morgan fingerprint density at radius 2 is 1.94 bits per heavy atom. The number of nitrogen functional groups attached to an aromatic ring is 1. The van der Waals surface area contributed by atoms with E-state index in [1.165, 1.54) is 19.3 Å². The van der Waals surface area contributed by atoms with E-state index in [0.29, 0.717) is 47.7 Å². The van der Waals surface area contributed by atoms with Crippen LogP contribution in [0.15, 0.2) is 24.5 Å². The topological polar surface area (TPSA) is 134 Å². The van der Waals surface area contributed by atoms with Gasteiger partial charge in [-0.3, -0.25) is 0 Å². The van der Waals surface area contributed by atoms with Crippen LogP contribution in [0.4, 0.5) is 17.5 Å². The summed E-state index contributed by atoms with van der Waals surface area (Å²) < 4.78 is 2.15. The van der Waals surface area contributed by atoms with Crippen LogP contribution >= 0.6 is 0 Å². The Morgan fingerprint density at radius 1 is 1.16 bits per heavy atom. The molecule has 0 saturated heterocycles. The molecule has 1 aliphatic carbocycles. The van der Waals surface area contributed by atoms with Crippen molar-refractivity contribution in [3.8, 4) is 5.75 Å². The molecule has 3 aromatic rings. The fourth-order valence-electron chi connectivity index (χ4n) is 3.97. The molecule has 0 atom stereocenters. The number of aliphatic hydroxyl groups is 1. The van der Waals surface area contributed by atoms with E-state index >= 15 is 0 Å².